The molecule has 3 rings (SSSR count). The Kier molecular flexibility index (Phi) is 5.59. The van der Waals surface area contributed by atoms with Crippen molar-refractivity contribution in [2.45, 2.75) is 32.2 Å². The molecule has 0 aromatic heterocycles. The molecule has 1 atom stereocenters. The summed E-state index contributed by atoms with van der Waals surface area (Å²) >= 11 is 0. The van der Waals surface area contributed by atoms with Crippen LogP contribution >= 0.6 is 0 Å². The number of ether oxygens (including phenoxy) is 1. The summed E-state index contributed by atoms with van der Waals surface area (Å²) in [5, 5.41) is 3.05. The van der Waals surface area contributed by atoms with E-state index in [9.17, 15) is 4.79 Å². The van der Waals surface area contributed by atoms with E-state index < -0.39 is 0 Å². The molecule has 1 aliphatic heterocycles. The largest absolute Gasteiger partial charge is 0.496 e. The van der Waals surface area contributed by atoms with Crippen LogP contribution in [0.3, 0.4) is 0 Å². The highest BCUT2D eigenvalue weighted by atomic mass is 16.5. The Labute approximate surface area is 149 Å². The third-order valence-corrected chi connectivity index (χ3v) is 4.80. The molecule has 0 aliphatic carbocycles. The van der Waals surface area contributed by atoms with Crippen molar-refractivity contribution < 1.29 is 9.53 Å². The molecule has 2 aromatic carbocycles. The smallest absolute Gasteiger partial charge is 0.251 e. The monoisotopic (exact) mass is 338 g/mol. The first-order valence-electron chi connectivity index (χ1n) is 8.98. The number of nitrogens with one attached hydrogen (secondary N) is 1. The van der Waals surface area contributed by atoms with Crippen LogP contribution < -0.4 is 15.0 Å². The van der Waals surface area contributed by atoms with Crippen LogP contribution in [0.4, 0.5) is 5.69 Å². The van der Waals surface area contributed by atoms with Gasteiger partial charge in [0.05, 0.1) is 13.2 Å². The SMILES string of the molecule is COc1ccccc1C(C)NC(=O)c1ccc(N2CCCCC2)cc1. The van der Waals surface area contributed by atoms with Crippen LogP contribution in [0.2, 0.25) is 0 Å². The van der Waals surface area contributed by atoms with Crippen LogP contribution in [-0.4, -0.2) is 26.1 Å². The molecular weight excluding hydrogens is 312 g/mol. The quantitative estimate of drug-likeness (QED) is 0.889. The normalized spacial score (nSPS) is 15.5. The Hall–Kier alpha value is -2.49. The predicted molar refractivity (Wildman–Crippen MR) is 101 cm³/mol. The number of methoxy groups -OCH3 is 1. The molecule has 1 unspecified atom stereocenters. The first-order valence-corrected chi connectivity index (χ1v) is 8.98. The van der Waals surface area contributed by atoms with Crippen molar-refractivity contribution in [2.24, 2.45) is 0 Å². The van der Waals surface area contributed by atoms with Gasteiger partial charge in [-0.2, -0.15) is 0 Å². The summed E-state index contributed by atoms with van der Waals surface area (Å²) in [5.41, 5.74) is 2.86. The molecule has 1 N–H and O–H groups in total. The van der Waals surface area contributed by atoms with Crippen molar-refractivity contribution in [3.05, 3.63) is 59.7 Å². The third-order valence-electron chi connectivity index (χ3n) is 4.80. The van der Waals surface area contributed by atoms with E-state index in [1.165, 1.54) is 24.9 Å². The molecule has 0 saturated carbocycles. The lowest BCUT2D eigenvalue weighted by Gasteiger charge is -2.28. The zero-order valence-electron chi connectivity index (χ0n) is 15.0. The molecule has 1 heterocycles. The van der Waals surface area contributed by atoms with E-state index in [0.717, 1.165) is 24.4 Å². The summed E-state index contributed by atoms with van der Waals surface area (Å²) in [6, 6.07) is 15.6. The van der Waals surface area contributed by atoms with Crippen molar-refractivity contribution in [3.63, 3.8) is 0 Å². The number of hydrogen-bond donors (Lipinski definition) is 1. The summed E-state index contributed by atoms with van der Waals surface area (Å²) < 4.78 is 5.38. The second kappa shape index (κ2) is 8.06. The summed E-state index contributed by atoms with van der Waals surface area (Å²) in [4.78, 5) is 14.9. The Morgan fingerprint density at radius 3 is 2.40 bits per heavy atom. The van der Waals surface area contributed by atoms with Crippen LogP contribution in [-0.2, 0) is 0 Å². The summed E-state index contributed by atoms with van der Waals surface area (Å²) in [6.45, 7) is 4.19. The van der Waals surface area contributed by atoms with E-state index in [-0.39, 0.29) is 11.9 Å². The number of piperidine rings is 1. The number of anilines is 1. The van der Waals surface area contributed by atoms with Gasteiger partial charge in [0.2, 0.25) is 0 Å². The molecule has 132 valence electrons. The van der Waals surface area contributed by atoms with E-state index >= 15 is 0 Å². The van der Waals surface area contributed by atoms with E-state index in [2.05, 4.69) is 10.2 Å². The Morgan fingerprint density at radius 1 is 1.04 bits per heavy atom. The van der Waals surface area contributed by atoms with E-state index in [1.54, 1.807) is 7.11 Å². The minimum atomic E-state index is -0.120. The van der Waals surface area contributed by atoms with Gasteiger partial charge in [-0.25, -0.2) is 0 Å². The number of rotatable bonds is 5. The van der Waals surface area contributed by atoms with E-state index in [0.29, 0.717) is 5.56 Å². The van der Waals surface area contributed by atoms with Gasteiger partial charge in [-0.1, -0.05) is 18.2 Å². The number of amides is 1. The van der Waals surface area contributed by atoms with Crippen molar-refractivity contribution in [3.8, 4) is 5.75 Å². The summed E-state index contributed by atoms with van der Waals surface area (Å²) in [7, 11) is 1.65. The molecule has 0 bridgehead atoms. The molecule has 0 radical (unpaired) electrons. The average Bonchev–Trinajstić information content (AvgIpc) is 2.68. The molecule has 1 saturated heterocycles. The molecule has 25 heavy (non-hydrogen) atoms. The second-order valence-electron chi connectivity index (χ2n) is 6.53. The number of para-hydroxylation sites is 1. The van der Waals surface area contributed by atoms with Crippen molar-refractivity contribution >= 4 is 11.6 Å². The Bertz CT molecular complexity index is 706. The van der Waals surface area contributed by atoms with Gasteiger partial charge in [0.1, 0.15) is 5.75 Å². The fourth-order valence-electron chi connectivity index (χ4n) is 3.36. The van der Waals surface area contributed by atoms with Gasteiger partial charge in [-0.05, 0) is 56.5 Å². The molecule has 4 nitrogen and oxygen atoms in total. The van der Waals surface area contributed by atoms with Gasteiger partial charge in [0, 0.05) is 29.9 Å². The predicted octanol–water partition coefficient (Wildman–Crippen LogP) is 4.18. The highest BCUT2D eigenvalue weighted by Gasteiger charge is 2.16. The molecule has 1 amide bonds. The second-order valence-corrected chi connectivity index (χ2v) is 6.53. The number of carbonyl (C=O) groups excluding carboxylic acids is 1. The van der Waals surface area contributed by atoms with Crippen LogP contribution in [0.25, 0.3) is 0 Å². The molecule has 4 heteroatoms. The third kappa shape index (κ3) is 4.13. The van der Waals surface area contributed by atoms with Crippen LogP contribution in [0.1, 0.15) is 48.1 Å². The number of benzene rings is 2. The van der Waals surface area contributed by atoms with Gasteiger partial charge in [-0.3, -0.25) is 4.79 Å². The van der Waals surface area contributed by atoms with Gasteiger partial charge in [-0.15, -0.1) is 0 Å². The topological polar surface area (TPSA) is 41.6 Å². The van der Waals surface area contributed by atoms with Crippen LogP contribution in [0, 0.1) is 0 Å². The maximum Gasteiger partial charge on any atom is 0.251 e. The zero-order valence-corrected chi connectivity index (χ0v) is 15.0. The first-order chi connectivity index (χ1) is 12.2. The van der Waals surface area contributed by atoms with Crippen LogP contribution in [0.5, 0.6) is 5.75 Å². The summed E-state index contributed by atoms with van der Waals surface area (Å²) in [6.07, 6.45) is 3.81. The molecule has 1 fully saturated rings. The van der Waals surface area contributed by atoms with Crippen LogP contribution in [0.15, 0.2) is 48.5 Å². The molecule has 0 spiro atoms. The van der Waals surface area contributed by atoms with Gasteiger partial charge in [0.25, 0.3) is 5.91 Å². The lowest BCUT2D eigenvalue weighted by atomic mass is 10.1. The number of carbonyl (C=O) groups is 1. The van der Waals surface area contributed by atoms with Gasteiger partial charge >= 0.3 is 0 Å². The van der Waals surface area contributed by atoms with Crippen molar-refractivity contribution in [1.82, 2.24) is 5.32 Å². The highest BCUT2D eigenvalue weighted by molar-refractivity contribution is 5.94. The van der Waals surface area contributed by atoms with E-state index in [1.807, 2.05) is 55.5 Å². The fraction of sp³-hybridized carbons (Fsp3) is 0.381. The standard InChI is InChI=1S/C21H26N2O2/c1-16(19-8-4-5-9-20(19)25-2)22-21(24)17-10-12-18(13-11-17)23-14-6-3-7-15-23/h4-5,8-13,16H,3,6-7,14-15H2,1-2H3,(H,22,24). The average molecular weight is 338 g/mol. The Balaban J connectivity index is 1.66. The van der Waals surface area contributed by atoms with Crippen molar-refractivity contribution in [2.75, 3.05) is 25.1 Å². The molecular formula is C21H26N2O2. The fourth-order valence-corrected chi connectivity index (χ4v) is 3.36. The number of hydrogen-bond acceptors (Lipinski definition) is 3. The first kappa shape index (κ1) is 17.3. The van der Waals surface area contributed by atoms with Gasteiger partial charge < -0.3 is 15.0 Å². The zero-order chi connectivity index (χ0) is 17.6. The highest BCUT2D eigenvalue weighted by Crippen LogP contribution is 2.25. The number of nitrogens with zero attached hydrogens (tertiary/aromatic N) is 1. The molecule has 1 aliphatic rings. The van der Waals surface area contributed by atoms with Crippen molar-refractivity contribution in [1.29, 1.82) is 0 Å². The van der Waals surface area contributed by atoms with E-state index in [4.69, 9.17) is 4.74 Å². The minimum Gasteiger partial charge on any atom is -0.496 e. The summed E-state index contributed by atoms with van der Waals surface area (Å²) in [5.74, 6) is 0.722. The molecule has 2 aromatic rings. The minimum absolute atomic E-state index is 0.0661. The Morgan fingerprint density at radius 2 is 1.72 bits per heavy atom. The lowest BCUT2D eigenvalue weighted by Crippen LogP contribution is -2.29. The maximum absolute atomic E-state index is 12.6. The van der Waals surface area contributed by atoms with Gasteiger partial charge in [0.15, 0.2) is 0 Å². The maximum atomic E-state index is 12.6. The lowest BCUT2D eigenvalue weighted by molar-refractivity contribution is 0.0939.